The Balaban J connectivity index is 2.62. The Bertz CT molecular complexity index is 678. The lowest BCUT2D eigenvalue weighted by molar-refractivity contribution is 0.417. The van der Waals surface area contributed by atoms with Crippen molar-refractivity contribution in [2.45, 2.75) is 25.0 Å². The molecule has 2 heterocycles. The van der Waals surface area contributed by atoms with Gasteiger partial charge in [0.05, 0.1) is 7.11 Å². The first-order valence-corrected chi connectivity index (χ1v) is 8.67. The Morgan fingerprint density at radius 3 is 2.79 bits per heavy atom. The minimum absolute atomic E-state index is 0.235. The lowest BCUT2D eigenvalue weighted by Gasteiger charge is -2.07. The molecule has 0 unspecified atom stereocenters. The third-order valence-electron chi connectivity index (χ3n) is 2.43. The second-order valence-electron chi connectivity index (χ2n) is 3.71. The lowest BCUT2D eigenvalue weighted by atomic mass is 10.4. The number of thiophene rings is 1. The SMILES string of the molecule is CCCn1c(-c2sccc2OC)nnc1S(=O)(=O)Cl. The minimum atomic E-state index is -3.92. The van der Waals surface area contributed by atoms with E-state index < -0.39 is 9.05 Å². The summed E-state index contributed by atoms with van der Waals surface area (Å²) in [6.45, 7) is 2.39. The number of hydrogen-bond acceptors (Lipinski definition) is 6. The van der Waals surface area contributed by atoms with Crippen molar-refractivity contribution in [1.82, 2.24) is 14.8 Å². The number of ether oxygens (including phenoxy) is 1. The largest absolute Gasteiger partial charge is 0.495 e. The van der Waals surface area contributed by atoms with Gasteiger partial charge < -0.3 is 4.74 Å². The molecule has 0 saturated carbocycles. The predicted molar refractivity (Wildman–Crippen MR) is 73.2 cm³/mol. The zero-order chi connectivity index (χ0) is 14.0. The van der Waals surface area contributed by atoms with Crippen molar-refractivity contribution < 1.29 is 13.2 Å². The van der Waals surface area contributed by atoms with E-state index in [0.717, 1.165) is 11.3 Å². The molecule has 0 bridgehead atoms. The van der Waals surface area contributed by atoms with Crippen molar-refractivity contribution in [3.05, 3.63) is 11.4 Å². The van der Waals surface area contributed by atoms with Gasteiger partial charge in [0.2, 0.25) is 0 Å². The summed E-state index contributed by atoms with van der Waals surface area (Å²) in [4.78, 5) is 0.731. The van der Waals surface area contributed by atoms with Gasteiger partial charge in [-0.2, -0.15) is 0 Å². The highest BCUT2D eigenvalue weighted by Crippen LogP contribution is 2.35. The standard InChI is InChI=1S/C10H12ClN3O3S2/c1-3-5-14-9(8-7(17-2)4-6-18-8)12-13-10(14)19(11,15)16/h4,6H,3,5H2,1-2H3. The van der Waals surface area contributed by atoms with E-state index in [1.165, 1.54) is 15.9 Å². The summed E-state index contributed by atoms with van der Waals surface area (Å²) in [5.41, 5.74) is 0. The van der Waals surface area contributed by atoms with E-state index in [9.17, 15) is 8.42 Å². The second kappa shape index (κ2) is 5.48. The van der Waals surface area contributed by atoms with Crippen LogP contribution in [-0.4, -0.2) is 30.3 Å². The average molecular weight is 322 g/mol. The van der Waals surface area contributed by atoms with E-state index in [1.807, 2.05) is 12.3 Å². The number of nitrogens with zero attached hydrogens (tertiary/aromatic N) is 3. The maximum Gasteiger partial charge on any atom is 0.296 e. The Hall–Kier alpha value is -1.12. The van der Waals surface area contributed by atoms with E-state index in [-0.39, 0.29) is 5.16 Å². The molecule has 0 atom stereocenters. The first kappa shape index (κ1) is 14.3. The maximum atomic E-state index is 11.5. The lowest BCUT2D eigenvalue weighted by Crippen LogP contribution is -2.07. The van der Waals surface area contributed by atoms with Crippen molar-refractivity contribution in [1.29, 1.82) is 0 Å². The van der Waals surface area contributed by atoms with Crippen LogP contribution in [0.3, 0.4) is 0 Å². The molecule has 0 aliphatic heterocycles. The highest BCUT2D eigenvalue weighted by molar-refractivity contribution is 8.13. The predicted octanol–water partition coefficient (Wildman–Crippen LogP) is 2.35. The fourth-order valence-corrected chi connectivity index (χ4v) is 3.46. The number of hydrogen-bond donors (Lipinski definition) is 0. The van der Waals surface area contributed by atoms with Crippen LogP contribution in [-0.2, 0) is 15.6 Å². The summed E-state index contributed by atoms with van der Waals surface area (Å²) in [5.74, 6) is 1.08. The van der Waals surface area contributed by atoms with Gasteiger partial charge in [-0.05, 0) is 17.9 Å². The normalized spacial score (nSPS) is 11.7. The van der Waals surface area contributed by atoms with Crippen molar-refractivity contribution in [3.8, 4) is 16.5 Å². The van der Waals surface area contributed by atoms with E-state index >= 15 is 0 Å². The smallest absolute Gasteiger partial charge is 0.296 e. The number of rotatable bonds is 5. The van der Waals surface area contributed by atoms with Crippen LogP contribution in [0.1, 0.15) is 13.3 Å². The van der Waals surface area contributed by atoms with Gasteiger partial charge in [-0.25, -0.2) is 8.42 Å². The highest BCUT2D eigenvalue weighted by atomic mass is 35.7. The topological polar surface area (TPSA) is 74.1 Å². The summed E-state index contributed by atoms with van der Waals surface area (Å²) in [6.07, 6.45) is 0.734. The van der Waals surface area contributed by atoms with Crippen LogP contribution in [0.25, 0.3) is 10.7 Å². The first-order valence-electron chi connectivity index (χ1n) is 5.48. The number of halogens is 1. The van der Waals surface area contributed by atoms with Gasteiger partial charge in [0.25, 0.3) is 14.2 Å². The molecule has 0 aromatic carbocycles. The second-order valence-corrected chi connectivity index (χ2v) is 7.09. The number of aromatic nitrogens is 3. The summed E-state index contributed by atoms with van der Waals surface area (Å²) in [7, 11) is 3.00. The molecule has 2 rings (SSSR count). The van der Waals surface area contributed by atoms with Crippen molar-refractivity contribution >= 4 is 31.1 Å². The highest BCUT2D eigenvalue weighted by Gasteiger charge is 2.24. The van der Waals surface area contributed by atoms with Gasteiger partial charge in [-0.3, -0.25) is 4.57 Å². The molecule has 2 aromatic rings. The van der Waals surface area contributed by atoms with Crippen LogP contribution < -0.4 is 4.74 Å². The summed E-state index contributed by atoms with van der Waals surface area (Å²) in [6, 6.07) is 1.79. The van der Waals surface area contributed by atoms with E-state index in [1.54, 1.807) is 13.2 Å². The molecule has 104 valence electrons. The van der Waals surface area contributed by atoms with E-state index in [0.29, 0.717) is 18.1 Å². The molecular weight excluding hydrogens is 310 g/mol. The van der Waals surface area contributed by atoms with Crippen LogP contribution in [0, 0.1) is 0 Å². The molecule has 9 heteroatoms. The van der Waals surface area contributed by atoms with Crippen LogP contribution in [0.15, 0.2) is 16.6 Å². The average Bonchev–Trinajstić information content (AvgIpc) is 2.93. The molecule has 0 aliphatic carbocycles. The molecule has 0 aliphatic rings. The molecule has 0 N–H and O–H groups in total. The zero-order valence-corrected chi connectivity index (χ0v) is 12.7. The fraction of sp³-hybridized carbons (Fsp3) is 0.400. The first-order chi connectivity index (χ1) is 8.99. The molecule has 6 nitrogen and oxygen atoms in total. The summed E-state index contributed by atoms with van der Waals surface area (Å²) in [5, 5.41) is 9.22. The van der Waals surface area contributed by atoms with Gasteiger partial charge in [0.15, 0.2) is 5.82 Å². The molecular formula is C10H12ClN3O3S2. The quantitative estimate of drug-likeness (QED) is 0.790. The zero-order valence-electron chi connectivity index (χ0n) is 10.3. The molecule has 19 heavy (non-hydrogen) atoms. The minimum Gasteiger partial charge on any atom is -0.495 e. The van der Waals surface area contributed by atoms with Crippen LogP contribution >= 0.6 is 22.0 Å². The monoisotopic (exact) mass is 321 g/mol. The fourth-order valence-electron chi connectivity index (χ4n) is 1.68. The third kappa shape index (κ3) is 2.75. The van der Waals surface area contributed by atoms with Gasteiger partial charge in [0.1, 0.15) is 10.6 Å². The van der Waals surface area contributed by atoms with Gasteiger partial charge in [0, 0.05) is 17.2 Å². The van der Waals surface area contributed by atoms with E-state index in [2.05, 4.69) is 10.2 Å². The van der Waals surface area contributed by atoms with Crippen molar-refractivity contribution in [3.63, 3.8) is 0 Å². The van der Waals surface area contributed by atoms with Crippen LogP contribution in [0.4, 0.5) is 0 Å². The molecule has 0 saturated heterocycles. The third-order valence-corrected chi connectivity index (χ3v) is 4.48. The van der Waals surface area contributed by atoms with Crippen molar-refractivity contribution in [2.75, 3.05) is 7.11 Å². The summed E-state index contributed by atoms with van der Waals surface area (Å²) >= 11 is 1.40. The van der Waals surface area contributed by atoms with Crippen molar-refractivity contribution in [2.24, 2.45) is 0 Å². The van der Waals surface area contributed by atoms with Crippen LogP contribution in [0.5, 0.6) is 5.75 Å². The Morgan fingerprint density at radius 2 is 2.21 bits per heavy atom. The Labute approximate surface area is 119 Å². The molecule has 0 radical (unpaired) electrons. The Morgan fingerprint density at radius 1 is 1.47 bits per heavy atom. The van der Waals surface area contributed by atoms with Gasteiger partial charge in [-0.15, -0.1) is 21.5 Å². The van der Waals surface area contributed by atoms with Gasteiger partial charge in [-0.1, -0.05) is 6.92 Å². The number of methoxy groups -OCH3 is 1. The molecule has 0 fully saturated rings. The molecule has 2 aromatic heterocycles. The summed E-state index contributed by atoms with van der Waals surface area (Å²) < 4.78 is 29.7. The maximum absolute atomic E-state index is 11.5. The van der Waals surface area contributed by atoms with Crippen LogP contribution in [0.2, 0.25) is 0 Å². The van der Waals surface area contributed by atoms with Gasteiger partial charge >= 0.3 is 0 Å². The van der Waals surface area contributed by atoms with E-state index in [4.69, 9.17) is 15.4 Å². The molecule has 0 amide bonds. The Kier molecular flexibility index (Phi) is 4.12. The molecule has 0 spiro atoms.